The topological polar surface area (TPSA) is 65.5 Å². The van der Waals surface area contributed by atoms with Gasteiger partial charge in [-0.2, -0.15) is 4.39 Å². The molecule has 0 spiro atoms. The van der Waals surface area contributed by atoms with Crippen LogP contribution in [0.3, 0.4) is 0 Å². The molecule has 2 fully saturated rings. The summed E-state index contributed by atoms with van der Waals surface area (Å²) in [5.74, 6) is -0.227. The van der Waals surface area contributed by atoms with Gasteiger partial charge in [0.15, 0.2) is 0 Å². The van der Waals surface area contributed by atoms with Crippen LogP contribution in [0.25, 0.3) is 0 Å². The van der Waals surface area contributed by atoms with Gasteiger partial charge in [-0.05, 0) is 67.6 Å². The summed E-state index contributed by atoms with van der Waals surface area (Å²) in [7, 11) is 0. The standard InChI is InChI=1S/C28H29FN4O2/c1-19-7-12-25(26(29)30-19)33-17-23(18-33)27(34)31-24-10-8-20(9-11-24)21-13-15-32(16-14-21)28(35)22-5-3-2-4-6-22/h2-12,21,23H,13-18H2,1H3,(H,31,34). The molecule has 5 rings (SSSR count). The minimum atomic E-state index is -0.491. The number of piperidine rings is 1. The Morgan fingerprint density at radius 2 is 1.63 bits per heavy atom. The quantitative estimate of drug-likeness (QED) is 0.550. The molecular formula is C28H29FN4O2. The first-order valence-electron chi connectivity index (χ1n) is 12.1. The van der Waals surface area contributed by atoms with Gasteiger partial charge in [-0.1, -0.05) is 30.3 Å². The van der Waals surface area contributed by atoms with E-state index >= 15 is 0 Å². The molecule has 2 aliphatic rings. The van der Waals surface area contributed by atoms with Gasteiger partial charge in [-0.25, -0.2) is 4.98 Å². The summed E-state index contributed by atoms with van der Waals surface area (Å²) >= 11 is 0. The number of benzene rings is 2. The summed E-state index contributed by atoms with van der Waals surface area (Å²) in [6, 6.07) is 20.9. The first kappa shape index (κ1) is 23.0. The number of nitrogens with one attached hydrogen (secondary N) is 1. The first-order chi connectivity index (χ1) is 17.0. The minimum Gasteiger partial charge on any atom is -0.366 e. The lowest BCUT2D eigenvalue weighted by Gasteiger charge is -2.39. The second-order valence-electron chi connectivity index (χ2n) is 9.41. The van der Waals surface area contributed by atoms with Crippen LogP contribution in [0.4, 0.5) is 15.8 Å². The monoisotopic (exact) mass is 472 g/mol. The summed E-state index contributed by atoms with van der Waals surface area (Å²) in [4.78, 5) is 32.9. The molecule has 6 nitrogen and oxygen atoms in total. The molecule has 0 bridgehead atoms. The zero-order valence-electron chi connectivity index (χ0n) is 19.8. The number of nitrogens with zero attached hydrogens (tertiary/aromatic N) is 3. The fraction of sp³-hybridized carbons (Fsp3) is 0.321. The van der Waals surface area contributed by atoms with Crippen molar-refractivity contribution in [1.82, 2.24) is 9.88 Å². The number of rotatable bonds is 5. The zero-order chi connectivity index (χ0) is 24.4. The number of hydrogen-bond donors (Lipinski definition) is 1. The van der Waals surface area contributed by atoms with Crippen LogP contribution in [0.2, 0.25) is 0 Å². The molecule has 0 saturated carbocycles. The van der Waals surface area contributed by atoms with E-state index in [-0.39, 0.29) is 17.7 Å². The van der Waals surface area contributed by atoms with Crippen molar-refractivity contribution in [3.05, 3.63) is 89.5 Å². The van der Waals surface area contributed by atoms with E-state index in [9.17, 15) is 14.0 Å². The smallest absolute Gasteiger partial charge is 0.253 e. The molecule has 180 valence electrons. The summed E-state index contributed by atoms with van der Waals surface area (Å²) in [6.07, 6.45) is 1.85. The predicted molar refractivity (Wildman–Crippen MR) is 134 cm³/mol. The molecule has 3 heterocycles. The maximum Gasteiger partial charge on any atom is 0.253 e. The number of carbonyl (C=O) groups excluding carboxylic acids is 2. The number of amides is 2. The number of aromatic nitrogens is 1. The molecule has 0 radical (unpaired) electrons. The van der Waals surface area contributed by atoms with E-state index in [1.807, 2.05) is 52.3 Å². The highest BCUT2D eigenvalue weighted by atomic mass is 19.1. The van der Waals surface area contributed by atoms with E-state index in [1.54, 1.807) is 19.1 Å². The third-order valence-electron chi connectivity index (χ3n) is 7.01. The molecule has 1 N–H and O–H groups in total. The van der Waals surface area contributed by atoms with E-state index in [0.717, 1.165) is 37.2 Å². The number of likely N-dealkylation sites (tertiary alicyclic amines) is 1. The zero-order valence-corrected chi connectivity index (χ0v) is 19.8. The maximum absolute atomic E-state index is 14.1. The van der Waals surface area contributed by atoms with Crippen molar-refractivity contribution in [2.45, 2.75) is 25.7 Å². The molecule has 35 heavy (non-hydrogen) atoms. The van der Waals surface area contributed by atoms with Crippen molar-refractivity contribution >= 4 is 23.2 Å². The number of anilines is 2. The van der Waals surface area contributed by atoms with Crippen molar-refractivity contribution < 1.29 is 14.0 Å². The molecule has 2 saturated heterocycles. The molecule has 2 aromatic carbocycles. The summed E-state index contributed by atoms with van der Waals surface area (Å²) in [5.41, 5.74) is 3.81. The highest BCUT2D eigenvalue weighted by Crippen LogP contribution is 2.30. The summed E-state index contributed by atoms with van der Waals surface area (Å²) in [5, 5.41) is 2.98. The second kappa shape index (κ2) is 9.86. The number of pyridine rings is 1. The van der Waals surface area contributed by atoms with E-state index in [0.29, 0.717) is 30.4 Å². The van der Waals surface area contributed by atoms with Gasteiger partial charge in [0.1, 0.15) is 0 Å². The van der Waals surface area contributed by atoms with Gasteiger partial charge >= 0.3 is 0 Å². The lowest BCUT2D eigenvalue weighted by molar-refractivity contribution is -0.120. The lowest BCUT2D eigenvalue weighted by Crippen LogP contribution is -2.52. The van der Waals surface area contributed by atoms with Crippen LogP contribution in [0.1, 0.15) is 40.4 Å². The van der Waals surface area contributed by atoms with Crippen LogP contribution in [-0.2, 0) is 4.79 Å². The van der Waals surface area contributed by atoms with Crippen molar-refractivity contribution in [1.29, 1.82) is 0 Å². The maximum atomic E-state index is 14.1. The third kappa shape index (κ3) is 5.04. The Kier molecular flexibility index (Phi) is 6.49. The molecule has 0 atom stereocenters. The molecular weight excluding hydrogens is 443 g/mol. The van der Waals surface area contributed by atoms with Gasteiger partial charge in [0, 0.05) is 43.1 Å². The van der Waals surface area contributed by atoms with E-state index in [2.05, 4.69) is 22.4 Å². The Morgan fingerprint density at radius 3 is 2.29 bits per heavy atom. The highest BCUT2D eigenvalue weighted by Gasteiger charge is 2.34. The Hall–Kier alpha value is -3.74. The average Bonchev–Trinajstić information content (AvgIpc) is 2.85. The summed E-state index contributed by atoms with van der Waals surface area (Å²) in [6.45, 7) is 4.19. The normalized spacial score (nSPS) is 16.6. The lowest BCUT2D eigenvalue weighted by atomic mass is 9.89. The van der Waals surface area contributed by atoms with E-state index in [4.69, 9.17) is 0 Å². The van der Waals surface area contributed by atoms with Gasteiger partial charge in [-0.3, -0.25) is 9.59 Å². The SMILES string of the molecule is Cc1ccc(N2CC(C(=O)Nc3ccc(C4CCN(C(=O)c5ccccc5)CC4)cc3)C2)c(F)n1. The molecule has 1 aromatic heterocycles. The molecule has 0 aliphatic carbocycles. The number of hydrogen-bond acceptors (Lipinski definition) is 4. The van der Waals surface area contributed by atoms with Crippen LogP contribution < -0.4 is 10.2 Å². The van der Waals surface area contributed by atoms with E-state index in [1.165, 1.54) is 5.56 Å². The predicted octanol–water partition coefficient (Wildman–Crippen LogP) is 4.62. The van der Waals surface area contributed by atoms with Crippen LogP contribution in [-0.4, -0.2) is 47.9 Å². The fourth-order valence-electron chi connectivity index (χ4n) is 4.86. The van der Waals surface area contributed by atoms with E-state index < -0.39 is 5.95 Å². The van der Waals surface area contributed by atoms with Crippen molar-refractivity contribution in [2.24, 2.45) is 5.92 Å². The number of carbonyl (C=O) groups is 2. The van der Waals surface area contributed by atoms with Crippen molar-refractivity contribution in [3.8, 4) is 0 Å². The van der Waals surface area contributed by atoms with Gasteiger partial charge in [0.05, 0.1) is 11.6 Å². The molecule has 0 unspecified atom stereocenters. The Balaban J connectivity index is 1.10. The highest BCUT2D eigenvalue weighted by molar-refractivity contribution is 5.95. The fourth-order valence-corrected chi connectivity index (χ4v) is 4.86. The van der Waals surface area contributed by atoms with Crippen LogP contribution in [0.15, 0.2) is 66.7 Å². The van der Waals surface area contributed by atoms with Gasteiger partial charge in [0.2, 0.25) is 11.9 Å². The molecule has 7 heteroatoms. The minimum absolute atomic E-state index is 0.0535. The van der Waals surface area contributed by atoms with Crippen LogP contribution >= 0.6 is 0 Å². The molecule has 3 aromatic rings. The van der Waals surface area contributed by atoms with Crippen molar-refractivity contribution in [2.75, 3.05) is 36.4 Å². The van der Waals surface area contributed by atoms with Gasteiger partial charge in [0.25, 0.3) is 5.91 Å². The summed E-state index contributed by atoms with van der Waals surface area (Å²) < 4.78 is 14.1. The first-order valence-corrected chi connectivity index (χ1v) is 12.1. The molecule has 2 aliphatic heterocycles. The Labute approximate surface area is 204 Å². The Morgan fingerprint density at radius 1 is 0.943 bits per heavy atom. The second-order valence-corrected chi connectivity index (χ2v) is 9.41. The number of aryl methyl sites for hydroxylation is 1. The third-order valence-corrected chi connectivity index (χ3v) is 7.01. The van der Waals surface area contributed by atoms with Gasteiger partial charge in [-0.15, -0.1) is 0 Å². The van der Waals surface area contributed by atoms with Crippen molar-refractivity contribution in [3.63, 3.8) is 0 Å². The number of halogens is 1. The average molecular weight is 473 g/mol. The largest absolute Gasteiger partial charge is 0.366 e. The molecule has 2 amide bonds. The van der Waals surface area contributed by atoms with Crippen LogP contribution in [0.5, 0.6) is 0 Å². The van der Waals surface area contributed by atoms with Gasteiger partial charge < -0.3 is 15.1 Å². The van der Waals surface area contributed by atoms with Crippen LogP contribution in [0, 0.1) is 18.8 Å². The Bertz CT molecular complexity index is 1200.